The normalized spacial score (nSPS) is 16.9. The van der Waals surface area contributed by atoms with Gasteiger partial charge in [-0.1, -0.05) is 31.4 Å². The van der Waals surface area contributed by atoms with Gasteiger partial charge >= 0.3 is 0 Å². The Morgan fingerprint density at radius 1 is 1.00 bits per heavy atom. The van der Waals surface area contributed by atoms with E-state index in [9.17, 15) is 0 Å². The minimum absolute atomic E-state index is 0.652. The first-order valence-electron chi connectivity index (χ1n) is 6.75. The standard InChI is InChI=1S/C14H18N4/c1-2-6-11(7-3-1)10-15-14-16-12-8-4-5-9-13(12)17-18-14/h4-5,8-9,11H,1-3,6-7,10H2,(H,15,16,18). The average molecular weight is 242 g/mol. The van der Waals surface area contributed by atoms with E-state index in [-0.39, 0.29) is 0 Å². The highest BCUT2D eigenvalue weighted by atomic mass is 15.2. The fraction of sp³-hybridized carbons (Fsp3) is 0.500. The Bertz CT molecular complexity index is 520. The summed E-state index contributed by atoms with van der Waals surface area (Å²) >= 11 is 0. The lowest BCUT2D eigenvalue weighted by Gasteiger charge is -2.21. The Balaban J connectivity index is 1.66. The van der Waals surface area contributed by atoms with Crippen molar-refractivity contribution in [1.29, 1.82) is 0 Å². The Morgan fingerprint density at radius 3 is 2.61 bits per heavy atom. The summed E-state index contributed by atoms with van der Waals surface area (Å²) in [4.78, 5) is 4.47. The molecule has 2 aromatic rings. The van der Waals surface area contributed by atoms with Crippen LogP contribution >= 0.6 is 0 Å². The van der Waals surface area contributed by atoms with E-state index in [1.54, 1.807) is 0 Å². The molecule has 1 aliphatic carbocycles. The molecular formula is C14H18N4. The molecule has 0 amide bonds. The molecule has 0 radical (unpaired) electrons. The first-order valence-corrected chi connectivity index (χ1v) is 6.75. The molecule has 18 heavy (non-hydrogen) atoms. The maximum absolute atomic E-state index is 4.47. The van der Waals surface area contributed by atoms with Gasteiger partial charge in [0.15, 0.2) is 0 Å². The van der Waals surface area contributed by atoms with Crippen LogP contribution in [0.1, 0.15) is 32.1 Å². The van der Waals surface area contributed by atoms with Gasteiger partial charge in [0.25, 0.3) is 0 Å². The van der Waals surface area contributed by atoms with Crippen molar-refractivity contribution < 1.29 is 0 Å². The monoisotopic (exact) mass is 242 g/mol. The van der Waals surface area contributed by atoms with Crippen molar-refractivity contribution in [2.45, 2.75) is 32.1 Å². The van der Waals surface area contributed by atoms with E-state index >= 15 is 0 Å². The Kier molecular flexibility index (Phi) is 3.35. The second kappa shape index (κ2) is 5.29. The van der Waals surface area contributed by atoms with Gasteiger partial charge < -0.3 is 5.32 Å². The summed E-state index contributed by atoms with van der Waals surface area (Å²) < 4.78 is 0. The first-order chi connectivity index (χ1) is 8.92. The zero-order valence-electron chi connectivity index (χ0n) is 10.5. The minimum atomic E-state index is 0.652. The third-order valence-corrected chi connectivity index (χ3v) is 3.63. The molecule has 94 valence electrons. The minimum Gasteiger partial charge on any atom is -0.353 e. The van der Waals surface area contributed by atoms with Crippen LogP contribution in [-0.4, -0.2) is 21.7 Å². The van der Waals surface area contributed by atoms with Crippen molar-refractivity contribution in [1.82, 2.24) is 15.2 Å². The van der Waals surface area contributed by atoms with Gasteiger partial charge in [0.1, 0.15) is 5.52 Å². The van der Waals surface area contributed by atoms with Crippen molar-refractivity contribution in [3.63, 3.8) is 0 Å². The van der Waals surface area contributed by atoms with E-state index < -0.39 is 0 Å². The third kappa shape index (κ3) is 2.58. The number of para-hydroxylation sites is 1. The van der Waals surface area contributed by atoms with Gasteiger partial charge in [0.05, 0.1) is 5.52 Å². The molecule has 1 aliphatic rings. The number of benzene rings is 1. The molecule has 0 aliphatic heterocycles. The molecule has 1 heterocycles. The van der Waals surface area contributed by atoms with E-state index in [4.69, 9.17) is 0 Å². The molecule has 0 saturated heterocycles. The lowest BCUT2D eigenvalue weighted by Crippen LogP contribution is -2.18. The van der Waals surface area contributed by atoms with E-state index in [1.165, 1.54) is 32.1 Å². The van der Waals surface area contributed by atoms with Crippen LogP contribution in [0.5, 0.6) is 0 Å². The fourth-order valence-electron chi connectivity index (χ4n) is 2.58. The number of nitrogens with zero attached hydrogens (tertiary/aromatic N) is 3. The molecule has 1 aromatic carbocycles. The number of hydrogen-bond acceptors (Lipinski definition) is 4. The molecule has 0 bridgehead atoms. The molecule has 0 atom stereocenters. The number of hydrogen-bond donors (Lipinski definition) is 1. The zero-order chi connectivity index (χ0) is 12.2. The third-order valence-electron chi connectivity index (χ3n) is 3.63. The number of nitrogens with one attached hydrogen (secondary N) is 1. The summed E-state index contributed by atoms with van der Waals surface area (Å²) in [5, 5.41) is 11.6. The van der Waals surface area contributed by atoms with Crippen LogP contribution in [0, 0.1) is 5.92 Å². The summed E-state index contributed by atoms with van der Waals surface area (Å²) in [5.74, 6) is 1.42. The summed E-state index contributed by atoms with van der Waals surface area (Å²) in [6, 6.07) is 7.83. The Morgan fingerprint density at radius 2 is 1.78 bits per heavy atom. The molecule has 1 aromatic heterocycles. The zero-order valence-corrected chi connectivity index (χ0v) is 10.5. The predicted octanol–water partition coefficient (Wildman–Crippen LogP) is 3.02. The summed E-state index contributed by atoms with van der Waals surface area (Å²) in [5.41, 5.74) is 1.75. The fourth-order valence-corrected chi connectivity index (χ4v) is 2.58. The Hall–Kier alpha value is -1.71. The molecule has 0 unspecified atom stereocenters. The lowest BCUT2D eigenvalue weighted by molar-refractivity contribution is 0.373. The molecule has 3 rings (SSSR count). The summed E-state index contributed by atoms with van der Waals surface area (Å²) in [6.07, 6.45) is 6.78. The predicted molar refractivity (Wildman–Crippen MR) is 72.4 cm³/mol. The van der Waals surface area contributed by atoms with Crippen LogP contribution in [0.25, 0.3) is 11.0 Å². The van der Waals surface area contributed by atoms with Gasteiger partial charge in [-0.2, -0.15) is 0 Å². The van der Waals surface area contributed by atoms with Crippen LogP contribution in [0.2, 0.25) is 0 Å². The molecule has 1 fully saturated rings. The van der Waals surface area contributed by atoms with E-state index in [2.05, 4.69) is 20.5 Å². The van der Waals surface area contributed by atoms with Gasteiger partial charge in [0.2, 0.25) is 5.95 Å². The second-order valence-electron chi connectivity index (χ2n) is 5.01. The van der Waals surface area contributed by atoms with Crippen molar-refractivity contribution in [3.8, 4) is 0 Å². The smallest absolute Gasteiger partial charge is 0.243 e. The quantitative estimate of drug-likeness (QED) is 0.898. The number of rotatable bonds is 3. The van der Waals surface area contributed by atoms with E-state index in [0.29, 0.717) is 5.95 Å². The second-order valence-corrected chi connectivity index (χ2v) is 5.01. The Labute approximate surface area is 107 Å². The van der Waals surface area contributed by atoms with Crippen molar-refractivity contribution in [2.75, 3.05) is 11.9 Å². The number of anilines is 1. The number of aromatic nitrogens is 3. The highest BCUT2D eigenvalue weighted by Crippen LogP contribution is 2.23. The van der Waals surface area contributed by atoms with Crippen LogP contribution in [0.4, 0.5) is 5.95 Å². The van der Waals surface area contributed by atoms with Gasteiger partial charge in [-0.25, -0.2) is 4.98 Å². The van der Waals surface area contributed by atoms with E-state index in [1.807, 2.05) is 24.3 Å². The lowest BCUT2D eigenvalue weighted by atomic mass is 9.89. The van der Waals surface area contributed by atoms with Gasteiger partial charge in [0, 0.05) is 6.54 Å². The molecular weight excluding hydrogens is 224 g/mol. The SMILES string of the molecule is c1ccc2nc(NCC3CCCCC3)nnc2c1. The highest BCUT2D eigenvalue weighted by Gasteiger charge is 2.13. The molecule has 0 spiro atoms. The van der Waals surface area contributed by atoms with Gasteiger partial charge in [-0.05, 0) is 30.9 Å². The van der Waals surface area contributed by atoms with Crippen LogP contribution < -0.4 is 5.32 Å². The van der Waals surface area contributed by atoms with Crippen LogP contribution in [-0.2, 0) is 0 Å². The van der Waals surface area contributed by atoms with Gasteiger partial charge in [-0.3, -0.25) is 0 Å². The van der Waals surface area contributed by atoms with Crippen molar-refractivity contribution >= 4 is 17.0 Å². The number of fused-ring (bicyclic) bond motifs is 1. The maximum Gasteiger partial charge on any atom is 0.243 e. The topological polar surface area (TPSA) is 50.7 Å². The largest absolute Gasteiger partial charge is 0.353 e. The van der Waals surface area contributed by atoms with Crippen molar-refractivity contribution in [2.24, 2.45) is 5.92 Å². The first kappa shape index (κ1) is 11.4. The van der Waals surface area contributed by atoms with Crippen LogP contribution in [0.3, 0.4) is 0 Å². The molecule has 4 heteroatoms. The molecule has 1 saturated carbocycles. The highest BCUT2D eigenvalue weighted by molar-refractivity contribution is 5.73. The maximum atomic E-state index is 4.47. The average Bonchev–Trinajstić information content (AvgIpc) is 2.46. The molecule has 1 N–H and O–H groups in total. The molecule has 4 nitrogen and oxygen atoms in total. The van der Waals surface area contributed by atoms with Gasteiger partial charge in [-0.15, -0.1) is 10.2 Å². The summed E-state index contributed by atoms with van der Waals surface area (Å²) in [7, 11) is 0. The summed E-state index contributed by atoms with van der Waals surface area (Å²) in [6.45, 7) is 0.972. The van der Waals surface area contributed by atoms with Crippen molar-refractivity contribution in [3.05, 3.63) is 24.3 Å². The van der Waals surface area contributed by atoms with E-state index in [0.717, 1.165) is 23.5 Å². The van der Waals surface area contributed by atoms with Crippen LogP contribution in [0.15, 0.2) is 24.3 Å².